The zero-order valence-electron chi connectivity index (χ0n) is 15.4. The maximum absolute atomic E-state index is 12.6. The SMILES string of the molecule is CC(Nc1ccc(C(=O)c2ccccc2)cc1[N+](=O)[O-])C1CN(C)CCO1. The lowest BCUT2D eigenvalue weighted by atomic mass is 10.0. The number of nitrogens with one attached hydrogen (secondary N) is 1. The number of morpholine rings is 1. The molecule has 142 valence electrons. The van der Waals surface area contributed by atoms with E-state index in [0.29, 0.717) is 23.4 Å². The molecule has 2 aromatic carbocycles. The van der Waals surface area contributed by atoms with E-state index in [-0.39, 0.29) is 23.6 Å². The third kappa shape index (κ3) is 4.50. The number of anilines is 1. The number of nitrogens with zero attached hydrogens (tertiary/aromatic N) is 2. The van der Waals surface area contributed by atoms with Crippen LogP contribution >= 0.6 is 0 Å². The van der Waals surface area contributed by atoms with Crippen LogP contribution in [-0.4, -0.2) is 54.5 Å². The summed E-state index contributed by atoms with van der Waals surface area (Å²) in [6, 6.07) is 13.2. The average Bonchev–Trinajstić information content (AvgIpc) is 2.68. The topological polar surface area (TPSA) is 84.7 Å². The lowest BCUT2D eigenvalue weighted by Gasteiger charge is -2.34. The van der Waals surface area contributed by atoms with Gasteiger partial charge in [0.15, 0.2) is 5.78 Å². The summed E-state index contributed by atoms with van der Waals surface area (Å²) in [6.07, 6.45) is -0.0611. The Kier molecular flexibility index (Phi) is 5.83. The van der Waals surface area contributed by atoms with Gasteiger partial charge in [-0.1, -0.05) is 30.3 Å². The van der Waals surface area contributed by atoms with Crippen molar-refractivity contribution in [1.82, 2.24) is 4.90 Å². The van der Waals surface area contributed by atoms with Crippen molar-refractivity contribution in [2.75, 3.05) is 32.1 Å². The Balaban J connectivity index is 1.82. The summed E-state index contributed by atoms with van der Waals surface area (Å²) in [5, 5.41) is 14.7. The van der Waals surface area contributed by atoms with Crippen molar-refractivity contribution in [3.05, 3.63) is 69.8 Å². The van der Waals surface area contributed by atoms with Gasteiger partial charge in [-0.3, -0.25) is 14.9 Å². The first-order valence-corrected chi connectivity index (χ1v) is 8.90. The highest BCUT2D eigenvalue weighted by Gasteiger charge is 2.26. The Labute approximate surface area is 158 Å². The minimum Gasteiger partial charge on any atom is -0.374 e. The second-order valence-corrected chi connectivity index (χ2v) is 6.79. The van der Waals surface area contributed by atoms with Crippen LogP contribution in [0.4, 0.5) is 11.4 Å². The predicted octanol–water partition coefficient (Wildman–Crippen LogP) is 2.96. The minimum atomic E-state index is -0.468. The summed E-state index contributed by atoms with van der Waals surface area (Å²) < 4.78 is 5.77. The van der Waals surface area contributed by atoms with Gasteiger partial charge in [-0.25, -0.2) is 0 Å². The van der Waals surface area contributed by atoms with Gasteiger partial charge in [-0.15, -0.1) is 0 Å². The molecule has 7 heteroatoms. The van der Waals surface area contributed by atoms with Gasteiger partial charge in [-0.05, 0) is 26.1 Å². The maximum Gasteiger partial charge on any atom is 0.293 e. The van der Waals surface area contributed by atoms with E-state index in [4.69, 9.17) is 4.74 Å². The zero-order chi connectivity index (χ0) is 19.4. The number of hydrogen-bond donors (Lipinski definition) is 1. The molecule has 7 nitrogen and oxygen atoms in total. The van der Waals surface area contributed by atoms with Gasteiger partial charge in [-0.2, -0.15) is 0 Å². The summed E-state index contributed by atoms with van der Waals surface area (Å²) in [5.74, 6) is -0.240. The standard InChI is InChI=1S/C20H23N3O4/c1-14(19-13-22(2)10-11-27-19)21-17-9-8-16(12-18(17)23(25)26)20(24)15-6-4-3-5-7-15/h3-9,12,14,19,21H,10-11,13H2,1-2H3. The number of nitro benzene ring substituents is 1. The average molecular weight is 369 g/mol. The van der Waals surface area contributed by atoms with Crippen LogP contribution in [0.2, 0.25) is 0 Å². The van der Waals surface area contributed by atoms with Crippen LogP contribution in [0.25, 0.3) is 0 Å². The maximum atomic E-state index is 12.6. The first-order chi connectivity index (χ1) is 13.0. The summed E-state index contributed by atoms with van der Waals surface area (Å²) in [7, 11) is 2.02. The largest absolute Gasteiger partial charge is 0.374 e. The number of benzene rings is 2. The van der Waals surface area contributed by atoms with Crippen molar-refractivity contribution in [2.45, 2.75) is 19.1 Å². The summed E-state index contributed by atoms with van der Waals surface area (Å²) >= 11 is 0. The molecule has 0 aromatic heterocycles. The van der Waals surface area contributed by atoms with Crippen molar-refractivity contribution in [2.24, 2.45) is 0 Å². The van der Waals surface area contributed by atoms with Crippen LogP contribution in [0.15, 0.2) is 48.5 Å². The zero-order valence-corrected chi connectivity index (χ0v) is 15.4. The Morgan fingerprint density at radius 2 is 2.00 bits per heavy atom. The van der Waals surface area contributed by atoms with E-state index in [0.717, 1.165) is 13.1 Å². The highest BCUT2D eigenvalue weighted by atomic mass is 16.6. The van der Waals surface area contributed by atoms with Gasteiger partial charge in [0.1, 0.15) is 5.69 Å². The molecule has 1 aliphatic rings. The van der Waals surface area contributed by atoms with Crippen molar-refractivity contribution < 1.29 is 14.5 Å². The molecule has 0 bridgehead atoms. The Morgan fingerprint density at radius 3 is 2.67 bits per heavy atom. The molecule has 0 aliphatic carbocycles. The third-order valence-electron chi connectivity index (χ3n) is 4.73. The summed E-state index contributed by atoms with van der Waals surface area (Å²) in [5.41, 5.74) is 1.06. The van der Waals surface area contributed by atoms with Crippen LogP contribution in [-0.2, 0) is 4.74 Å². The molecule has 2 aromatic rings. The molecular formula is C20H23N3O4. The fourth-order valence-electron chi connectivity index (χ4n) is 3.15. The second kappa shape index (κ2) is 8.28. The molecule has 0 radical (unpaired) electrons. The highest BCUT2D eigenvalue weighted by molar-refractivity contribution is 6.09. The molecule has 1 N–H and O–H groups in total. The third-order valence-corrected chi connectivity index (χ3v) is 4.73. The molecule has 1 aliphatic heterocycles. The molecule has 0 spiro atoms. The smallest absolute Gasteiger partial charge is 0.293 e. The van der Waals surface area contributed by atoms with Gasteiger partial charge in [0, 0.05) is 30.3 Å². The molecule has 2 unspecified atom stereocenters. The molecule has 1 fully saturated rings. The lowest BCUT2D eigenvalue weighted by Crippen LogP contribution is -2.47. The van der Waals surface area contributed by atoms with Crippen LogP contribution in [0.5, 0.6) is 0 Å². The first kappa shape index (κ1) is 19.0. The molecule has 1 saturated heterocycles. The molecule has 0 amide bonds. The number of likely N-dealkylation sites (N-methyl/N-ethyl adjacent to an activating group) is 1. The van der Waals surface area contributed by atoms with E-state index in [1.807, 2.05) is 20.0 Å². The van der Waals surface area contributed by atoms with E-state index in [2.05, 4.69) is 10.2 Å². The van der Waals surface area contributed by atoms with Gasteiger partial charge in [0.05, 0.1) is 23.7 Å². The molecule has 3 rings (SSSR count). The number of carbonyl (C=O) groups is 1. The monoisotopic (exact) mass is 369 g/mol. The Morgan fingerprint density at radius 1 is 1.26 bits per heavy atom. The van der Waals surface area contributed by atoms with E-state index in [1.54, 1.807) is 36.4 Å². The van der Waals surface area contributed by atoms with Crippen molar-refractivity contribution in [3.8, 4) is 0 Å². The van der Waals surface area contributed by atoms with E-state index >= 15 is 0 Å². The van der Waals surface area contributed by atoms with Gasteiger partial charge in [0.25, 0.3) is 5.69 Å². The van der Waals surface area contributed by atoms with Gasteiger partial charge >= 0.3 is 0 Å². The van der Waals surface area contributed by atoms with Crippen molar-refractivity contribution in [3.63, 3.8) is 0 Å². The summed E-state index contributed by atoms with van der Waals surface area (Å²) in [4.78, 5) is 25.8. The number of ketones is 1. The highest BCUT2D eigenvalue weighted by Crippen LogP contribution is 2.28. The fourth-order valence-corrected chi connectivity index (χ4v) is 3.15. The molecule has 0 saturated carbocycles. The Hall–Kier alpha value is -2.77. The van der Waals surface area contributed by atoms with Crippen LogP contribution in [0.1, 0.15) is 22.8 Å². The molecule has 27 heavy (non-hydrogen) atoms. The predicted molar refractivity (Wildman–Crippen MR) is 103 cm³/mol. The number of carbonyl (C=O) groups excluding carboxylic acids is 1. The molecular weight excluding hydrogens is 346 g/mol. The second-order valence-electron chi connectivity index (χ2n) is 6.79. The number of ether oxygens (including phenoxy) is 1. The molecule has 1 heterocycles. The van der Waals surface area contributed by atoms with E-state index in [9.17, 15) is 14.9 Å². The lowest BCUT2D eigenvalue weighted by molar-refractivity contribution is -0.384. The van der Waals surface area contributed by atoms with Crippen LogP contribution in [0.3, 0.4) is 0 Å². The van der Waals surface area contributed by atoms with E-state index in [1.165, 1.54) is 6.07 Å². The van der Waals surface area contributed by atoms with Crippen molar-refractivity contribution in [1.29, 1.82) is 0 Å². The normalized spacial score (nSPS) is 18.7. The van der Waals surface area contributed by atoms with Crippen LogP contribution in [0, 0.1) is 10.1 Å². The Bertz CT molecular complexity index is 825. The first-order valence-electron chi connectivity index (χ1n) is 8.90. The van der Waals surface area contributed by atoms with Gasteiger partial charge in [0.2, 0.25) is 0 Å². The quantitative estimate of drug-likeness (QED) is 0.479. The van der Waals surface area contributed by atoms with Crippen LogP contribution < -0.4 is 5.32 Å². The number of nitro groups is 1. The van der Waals surface area contributed by atoms with Gasteiger partial charge < -0.3 is 15.0 Å². The summed E-state index contributed by atoms with van der Waals surface area (Å²) in [6.45, 7) is 4.21. The van der Waals surface area contributed by atoms with Crippen molar-refractivity contribution >= 4 is 17.2 Å². The number of hydrogen-bond acceptors (Lipinski definition) is 6. The molecule has 2 atom stereocenters. The van der Waals surface area contributed by atoms with E-state index < -0.39 is 4.92 Å². The fraction of sp³-hybridized carbons (Fsp3) is 0.350. The number of rotatable bonds is 6. The minimum absolute atomic E-state index is 0.0611.